The van der Waals surface area contributed by atoms with E-state index in [0.717, 1.165) is 48.9 Å². The minimum absolute atomic E-state index is 0.123. The summed E-state index contributed by atoms with van der Waals surface area (Å²) in [4.78, 5) is 22.0. The molecule has 41 heavy (non-hydrogen) atoms. The summed E-state index contributed by atoms with van der Waals surface area (Å²) in [5, 5.41) is 6.02. The third kappa shape index (κ3) is 6.53. The van der Waals surface area contributed by atoms with Gasteiger partial charge in [0.2, 0.25) is 0 Å². The molecule has 1 unspecified atom stereocenters. The van der Waals surface area contributed by atoms with E-state index in [-0.39, 0.29) is 29.5 Å². The Morgan fingerprint density at radius 3 is 2.46 bits per heavy atom. The van der Waals surface area contributed by atoms with Gasteiger partial charge in [0, 0.05) is 30.7 Å². The van der Waals surface area contributed by atoms with E-state index in [1.165, 1.54) is 59.8 Å². The zero-order valence-corrected chi connectivity index (χ0v) is 25.6. The molecule has 220 valence electrons. The van der Waals surface area contributed by atoms with Crippen molar-refractivity contribution in [3.63, 3.8) is 0 Å². The zero-order valence-electron chi connectivity index (χ0n) is 23.9. The Labute approximate surface area is 247 Å². The summed E-state index contributed by atoms with van der Waals surface area (Å²) in [6, 6.07) is 13.3. The van der Waals surface area contributed by atoms with E-state index in [4.69, 9.17) is 9.72 Å². The van der Waals surface area contributed by atoms with Gasteiger partial charge in [-0.1, -0.05) is 68.5 Å². The monoisotopic (exact) mass is 595 g/mol. The molecule has 2 aromatic carbocycles. The third-order valence-corrected chi connectivity index (χ3v) is 12.1. The molecule has 1 saturated carbocycles. The molecule has 3 aromatic rings. The third-order valence-electron chi connectivity index (χ3n) is 9.23. The van der Waals surface area contributed by atoms with Crippen LogP contribution in [0, 0.1) is 5.92 Å². The van der Waals surface area contributed by atoms with Gasteiger partial charge in [-0.25, -0.2) is 13.4 Å². The summed E-state index contributed by atoms with van der Waals surface area (Å²) in [6.07, 6.45) is 8.08. The fourth-order valence-electron chi connectivity index (χ4n) is 6.79. The normalized spacial score (nSPS) is 21.6. The zero-order chi connectivity index (χ0) is 28.4. The van der Waals surface area contributed by atoms with E-state index in [0.29, 0.717) is 23.8 Å². The molecule has 0 bridgehead atoms. The van der Waals surface area contributed by atoms with E-state index < -0.39 is 9.84 Å². The Morgan fingerprint density at radius 1 is 1.02 bits per heavy atom. The highest BCUT2D eigenvalue weighted by Crippen LogP contribution is 2.41. The van der Waals surface area contributed by atoms with Gasteiger partial charge in [-0.05, 0) is 48.4 Å². The maximum atomic E-state index is 13.4. The topological polar surface area (TPSA) is 88.6 Å². The lowest BCUT2D eigenvalue weighted by atomic mass is 9.85. The second-order valence-corrected chi connectivity index (χ2v) is 15.3. The summed E-state index contributed by atoms with van der Waals surface area (Å²) < 4.78 is 29.4. The van der Waals surface area contributed by atoms with Crippen molar-refractivity contribution in [3.05, 3.63) is 52.7 Å². The van der Waals surface area contributed by atoms with Crippen LogP contribution in [0.15, 0.2) is 36.4 Å². The number of morpholine rings is 1. The molecule has 6 rings (SSSR count). The van der Waals surface area contributed by atoms with Crippen molar-refractivity contribution in [1.82, 2.24) is 15.2 Å². The summed E-state index contributed by atoms with van der Waals surface area (Å²) in [5.41, 5.74) is 3.48. The van der Waals surface area contributed by atoms with Gasteiger partial charge in [-0.3, -0.25) is 9.69 Å². The van der Waals surface area contributed by atoms with Crippen molar-refractivity contribution in [1.29, 1.82) is 0 Å². The molecule has 0 radical (unpaired) electrons. The number of sulfone groups is 1. The van der Waals surface area contributed by atoms with Gasteiger partial charge in [0.15, 0.2) is 5.01 Å². The lowest BCUT2D eigenvalue weighted by Gasteiger charge is -2.33. The molecule has 1 aromatic heterocycles. The molecule has 9 heteroatoms. The highest BCUT2D eigenvalue weighted by Gasteiger charge is 2.28. The van der Waals surface area contributed by atoms with Crippen LogP contribution in [-0.4, -0.2) is 68.1 Å². The predicted molar refractivity (Wildman–Crippen MR) is 165 cm³/mol. The maximum Gasteiger partial charge on any atom is 0.280 e. The molecule has 2 aliphatic heterocycles. The number of nitrogens with one attached hydrogen (secondary N) is 1. The summed E-state index contributed by atoms with van der Waals surface area (Å²) in [7, 11) is -2.98. The summed E-state index contributed by atoms with van der Waals surface area (Å²) >= 11 is 1.49. The van der Waals surface area contributed by atoms with Crippen molar-refractivity contribution in [2.75, 3.05) is 37.8 Å². The lowest BCUT2D eigenvalue weighted by Crippen LogP contribution is -2.40. The van der Waals surface area contributed by atoms with Crippen LogP contribution >= 0.6 is 11.3 Å². The smallest absolute Gasteiger partial charge is 0.280 e. The summed E-state index contributed by atoms with van der Waals surface area (Å²) in [5.74, 6) is 0.679. The van der Waals surface area contributed by atoms with Gasteiger partial charge < -0.3 is 10.1 Å². The first-order valence-electron chi connectivity index (χ1n) is 15.2. The molecule has 2 saturated heterocycles. The number of carbonyl (C=O) groups is 1. The minimum Gasteiger partial charge on any atom is -0.379 e. The Kier molecular flexibility index (Phi) is 8.77. The van der Waals surface area contributed by atoms with Crippen LogP contribution in [0.4, 0.5) is 0 Å². The molecule has 3 fully saturated rings. The minimum atomic E-state index is -2.98. The Morgan fingerprint density at radius 2 is 1.73 bits per heavy atom. The second kappa shape index (κ2) is 12.5. The number of benzene rings is 2. The maximum absolute atomic E-state index is 13.4. The molecule has 0 spiro atoms. The average Bonchev–Trinajstić information content (AvgIpc) is 3.42. The number of thiazole rings is 1. The molecule has 1 N–H and O–H groups in total. The van der Waals surface area contributed by atoms with Gasteiger partial charge in [-0.2, -0.15) is 0 Å². The van der Waals surface area contributed by atoms with Gasteiger partial charge in [0.25, 0.3) is 5.91 Å². The molecule has 3 aliphatic rings. The number of aromatic nitrogens is 1. The molecule has 1 atom stereocenters. The van der Waals surface area contributed by atoms with Crippen LogP contribution in [0.2, 0.25) is 0 Å². The quantitative estimate of drug-likeness (QED) is 0.372. The van der Waals surface area contributed by atoms with Crippen molar-refractivity contribution in [2.24, 2.45) is 5.92 Å². The van der Waals surface area contributed by atoms with Gasteiger partial charge in [0.05, 0.1) is 35.3 Å². The number of ether oxygens (including phenoxy) is 1. The molecule has 3 heterocycles. The number of hydrogen-bond acceptors (Lipinski definition) is 7. The van der Waals surface area contributed by atoms with Crippen molar-refractivity contribution in [3.8, 4) is 10.4 Å². The summed E-state index contributed by atoms with van der Waals surface area (Å²) in [6.45, 7) is 5.69. The first-order valence-corrected chi connectivity index (χ1v) is 17.9. The van der Waals surface area contributed by atoms with E-state index in [1.807, 2.05) is 0 Å². The van der Waals surface area contributed by atoms with Gasteiger partial charge >= 0.3 is 0 Å². The first-order chi connectivity index (χ1) is 19.9. The molecular weight excluding hydrogens is 555 g/mol. The number of carbonyl (C=O) groups excluding carboxylic acids is 1. The van der Waals surface area contributed by atoms with E-state index in [2.05, 4.69) is 53.5 Å². The largest absolute Gasteiger partial charge is 0.379 e. The first kappa shape index (κ1) is 28.8. The highest BCUT2D eigenvalue weighted by molar-refractivity contribution is 7.91. The van der Waals surface area contributed by atoms with Crippen LogP contribution in [0.1, 0.15) is 79.0 Å². The van der Waals surface area contributed by atoms with Crippen LogP contribution in [-0.2, 0) is 21.0 Å². The molecule has 7 nitrogen and oxygen atoms in total. The van der Waals surface area contributed by atoms with Gasteiger partial charge in [-0.15, -0.1) is 11.3 Å². The fourth-order valence-corrected chi connectivity index (χ4v) is 9.32. The number of amides is 1. The predicted octanol–water partition coefficient (Wildman–Crippen LogP) is 5.79. The van der Waals surface area contributed by atoms with Crippen LogP contribution in [0.5, 0.6) is 0 Å². The van der Waals surface area contributed by atoms with E-state index >= 15 is 0 Å². The molecular formula is C32H41N3O4S2. The van der Waals surface area contributed by atoms with Crippen molar-refractivity contribution < 1.29 is 17.9 Å². The number of hydrogen-bond donors (Lipinski definition) is 1. The van der Waals surface area contributed by atoms with E-state index in [1.54, 1.807) is 0 Å². The SMILES string of the molecule is CC(c1ccc(-c2sc(C(=O)NC3CCS(=O)(=O)CC3)nc2CC2CCCCC2)c2ccccc12)N1CCOCC1. The standard InChI is InChI=1S/C32H41N3O4S2/c1-22(35-15-17-39-18-16-35)25-11-12-28(27-10-6-5-9-26(25)27)30-29(21-23-7-3-2-4-8-23)34-32(40-30)31(36)33-24-13-19-41(37,38)20-14-24/h5-6,9-12,22-24H,2-4,7-8,13-21H2,1H3,(H,33,36). The van der Waals surface area contributed by atoms with Crippen LogP contribution in [0.25, 0.3) is 21.2 Å². The number of nitrogens with zero attached hydrogens (tertiary/aromatic N) is 2. The van der Waals surface area contributed by atoms with E-state index in [9.17, 15) is 13.2 Å². The number of fused-ring (bicyclic) bond motifs is 1. The fraction of sp³-hybridized carbons (Fsp3) is 0.562. The van der Waals surface area contributed by atoms with Gasteiger partial charge in [0.1, 0.15) is 9.84 Å². The van der Waals surface area contributed by atoms with Crippen molar-refractivity contribution >= 4 is 37.9 Å². The highest BCUT2D eigenvalue weighted by atomic mass is 32.2. The van der Waals surface area contributed by atoms with Crippen LogP contribution in [0.3, 0.4) is 0 Å². The lowest BCUT2D eigenvalue weighted by molar-refractivity contribution is 0.0201. The second-order valence-electron chi connectivity index (χ2n) is 12.0. The Balaban J connectivity index is 1.34. The molecule has 1 amide bonds. The average molecular weight is 596 g/mol. The van der Waals surface area contributed by atoms with Crippen molar-refractivity contribution in [2.45, 2.75) is 70.4 Å². The van der Waals surface area contributed by atoms with Crippen LogP contribution < -0.4 is 5.32 Å². The number of rotatable bonds is 7. The Hall–Kier alpha value is -2.33. The Bertz CT molecular complexity index is 1480. The molecule has 1 aliphatic carbocycles.